The highest BCUT2D eigenvalue weighted by Gasteiger charge is 2.30. The van der Waals surface area contributed by atoms with E-state index < -0.39 is 0 Å². The fourth-order valence-electron chi connectivity index (χ4n) is 3.49. The first-order valence-corrected chi connectivity index (χ1v) is 8.57. The van der Waals surface area contributed by atoms with Crippen LogP contribution in [0.25, 0.3) is 0 Å². The summed E-state index contributed by atoms with van der Waals surface area (Å²) in [6, 6.07) is 5.92. The molecule has 4 heterocycles. The molecule has 130 valence electrons. The van der Waals surface area contributed by atoms with Gasteiger partial charge < -0.3 is 15.1 Å². The molecule has 1 N–H and O–H groups in total. The van der Waals surface area contributed by atoms with E-state index in [4.69, 9.17) is 0 Å². The van der Waals surface area contributed by atoms with Crippen molar-refractivity contribution in [2.24, 2.45) is 0 Å². The maximum Gasteiger partial charge on any atom is 0.255 e. The molecule has 7 heteroatoms. The minimum Gasteiger partial charge on any atom is -0.336 e. The third-order valence-electron chi connectivity index (χ3n) is 4.91. The topological polar surface area (TPSA) is 61.4 Å². The smallest absolute Gasteiger partial charge is 0.255 e. The Labute approximate surface area is 145 Å². The molecule has 5 rings (SSSR count). The van der Waals surface area contributed by atoms with Crippen LogP contribution < -0.4 is 10.2 Å². The molecule has 3 aliphatic rings. The zero-order valence-corrected chi connectivity index (χ0v) is 13.9. The van der Waals surface area contributed by atoms with E-state index in [0.29, 0.717) is 23.2 Å². The summed E-state index contributed by atoms with van der Waals surface area (Å²) in [4.78, 5) is 25.8. The van der Waals surface area contributed by atoms with Gasteiger partial charge in [0.1, 0.15) is 5.82 Å². The zero-order valence-electron chi connectivity index (χ0n) is 13.9. The van der Waals surface area contributed by atoms with Crippen molar-refractivity contribution in [1.29, 1.82) is 0 Å². The van der Waals surface area contributed by atoms with Gasteiger partial charge in [-0.05, 0) is 37.1 Å². The lowest BCUT2D eigenvalue weighted by molar-refractivity contribution is 0.102. The number of aromatic nitrogens is 2. The Morgan fingerprint density at radius 2 is 1.72 bits per heavy atom. The number of anilines is 2. The number of amides is 1. The fraction of sp³-hybridized carbons (Fsp3) is 0.389. The van der Waals surface area contributed by atoms with E-state index in [-0.39, 0.29) is 11.7 Å². The predicted octanol–water partition coefficient (Wildman–Crippen LogP) is 2.15. The lowest BCUT2D eigenvalue weighted by Gasteiger charge is -2.31. The van der Waals surface area contributed by atoms with Crippen LogP contribution >= 0.6 is 0 Å². The van der Waals surface area contributed by atoms with Crippen LogP contribution in [0.5, 0.6) is 0 Å². The lowest BCUT2D eigenvalue weighted by atomic mass is 10.1. The second kappa shape index (κ2) is 6.76. The summed E-state index contributed by atoms with van der Waals surface area (Å²) in [6.45, 7) is 4.27. The van der Waals surface area contributed by atoms with Crippen molar-refractivity contribution in [3.05, 3.63) is 48.0 Å². The first-order chi connectivity index (χ1) is 12.2. The van der Waals surface area contributed by atoms with E-state index in [0.717, 1.165) is 39.0 Å². The molecule has 25 heavy (non-hydrogen) atoms. The van der Waals surface area contributed by atoms with E-state index >= 15 is 0 Å². The van der Waals surface area contributed by atoms with Crippen molar-refractivity contribution >= 4 is 17.5 Å². The minimum atomic E-state index is -0.368. The van der Waals surface area contributed by atoms with Crippen LogP contribution in [-0.2, 0) is 0 Å². The maximum atomic E-state index is 12.9. The molecule has 3 aliphatic heterocycles. The van der Waals surface area contributed by atoms with E-state index in [2.05, 4.69) is 25.1 Å². The molecule has 3 saturated heterocycles. The number of piperidine rings is 1. The molecule has 1 aromatic heterocycles. The maximum absolute atomic E-state index is 12.9. The minimum absolute atomic E-state index is 0.308. The molecule has 1 amide bonds. The molecule has 1 aromatic carbocycles. The van der Waals surface area contributed by atoms with Gasteiger partial charge in [0.15, 0.2) is 0 Å². The second-order valence-corrected chi connectivity index (χ2v) is 6.50. The predicted molar refractivity (Wildman–Crippen MR) is 93.2 cm³/mol. The van der Waals surface area contributed by atoms with Crippen molar-refractivity contribution in [2.45, 2.75) is 18.9 Å². The van der Waals surface area contributed by atoms with Gasteiger partial charge in [0.2, 0.25) is 5.95 Å². The summed E-state index contributed by atoms with van der Waals surface area (Å²) >= 11 is 0. The molecule has 0 radical (unpaired) electrons. The van der Waals surface area contributed by atoms with Crippen LogP contribution in [0.15, 0.2) is 36.7 Å². The van der Waals surface area contributed by atoms with E-state index in [1.807, 2.05) is 0 Å². The lowest BCUT2D eigenvalue weighted by Crippen LogP contribution is -2.38. The van der Waals surface area contributed by atoms with Crippen molar-refractivity contribution < 1.29 is 9.18 Å². The van der Waals surface area contributed by atoms with Gasteiger partial charge in [-0.1, -0.05) is 0 Å². The van der Waals surface area contributed by atoms with Gasteiger partial charge in [-0.25, -0.2) is 14.4 Å². The van der Waals surface area contributed by atoms with E-state index in [9.17, 15) is 9.18 Å². The molecule has 0 atom stereocenters. The molecule has 6 nitrogen and oxygen atoms in total. The number of fused-ring (bicyclic) bond motifs is 4. The largest absolute Gasteiger partial charge is 0.336 e. The third-order valence-corrected chi connectivity index (χ3v) is 4.91. The average Bonchev–Trinajstić information content (AvgIpc) is 2.97. The molecule has 2 bridgehead atoms. The fourth-order valence-corrected chi connectivity index (χ4v) is 3.49. The van der Waals surface area contributed by atoms with Gasteiger partial charge in [0, 0.05) is 37.8 Å². The summed E-state index contributed by atoms with van der Waals surface area (Å²) in [5, 5.41) is 2.74. The van der Waals surface area contributed by atoms with E-state index in [1.165, 1.54) is 24.3 Å². The molecule has 0 spiro atoms. The van der Waals surface area contributed by atoms with Crippen LogP contribution in [0.3, 0.4) is 0 Å². The van der Waals surface area contributed by atoms with Gasteiger partial charge in [-0.3, -0.25) is 4.79 Å². The number of carbonyl (C=O) groups excluding carboxylic acids is 1. The Bertz CT molecular complexity index is 741. The van der Waals surface area contributed by atoms with Gasteiger partial charge in [0.25, 0.3) is 5.91 Å². The van der Waals surface area contributed by atoms with Crippen molar-refractivity contribution in [3.63, 3.8) is 0 Å². The van der Waals surface area contributed by atoms with Gasteiger partial charge >= 0.3 is 0 Å². The molecular formula is C18H20FN5O. The second-order valence-electron chi connectivity index (χ2n) is 6.50. The van der Waals surface area contributed by atoms with Crippen LogP contribution in [0.1, 0.15) is 23.2 Å². The summed E-state index contributed by atoms with van der Waals surface area (Å²) in [7, 11) is 0. The number of benzene rings is 1. The van der Waals surface area contributed by atoms with Crippen molar-refractivity contribution in [1.82, 2.24) is 14.9 Å². The molecule has 0 unspecified atom stereocenters. The quantitative estimate of drug-likeness (QED) is 0.927. The number of nitrogens with zero attached hydrogens (tertiary/aromatic N) is 4. The van der Waals surface area contributed by atoms with Crippen LogP contribution in [0, 0.1) is 5.82 Å². The Morgan fingerprint density at radius 3 is 2.40 bits per heavy atom. The number of rotatable bonds is 3. The number of hydrogen-bond donors (Lipinski definition) is 1. The monoisotopic (exact) mass is 341 g/mol. The highest BCUT2D eigenvalue weighted by molar-refractivity contribution is 6.04. The van der Waals surface area contributed by atoms with Crippen LogP contribution in [0.4, 0.5) is 16.0 Å². The standard InChI is InChI=1S/C18H20FN5O/c19-14-3-1-13(2-4-14)17(25)22-15-11-20-18(21-12-15)24-10-9-23-7-5-16(24)6-8-23/h1-4,11-12,16H,5-10H2,(H,22,25). The Balaban J connectivity index is 1.45. The summed E-state index contributed by atoms with van der Waals surface area (Å²) < 4.78 is 12.9. The van der Waals surface area contributed by atoms with Crippen LogP contribution in [0.2, 0.25) is 0 Å². The van der Waals surface area contributed by atoms with Gasteiger partial charge in [0.05, 0.1) is 18.1 Å². The van der Waals surface area contributed by atoms with Crippen LogP contribution in [-0.4, -0.2) is 53.0 Å². The van der Waals surface area contributed by atoms with E-state index in [1.54, 1.807) is 12.4 Å². The molecule has 0 saturated carbocycles. The number of hydrogen-bond acceptors (Lipinski definition) is 5. The number of carbonyl (C=O) groups is 1. The summed E-state index contributed by atoms with van der Waals surface area (Å²) in [5.41, 5.74) is 0.921. The molecule has 3 fully saturated rings. The number of nitrogens with one attached hydrogen (secondary N) is 1. The third kappa shape index (κ3) is 3.46. The highest BCUT2D eigenvalue weighted by atomic mass is 19.1. The first-order valence-electron chi connectivity index (χ1n) is 8.57. The molecule has 2 aromatic rings. The molecular weight excluding hydrogens is 321 g/mol. The SMILES string of the molecule is O=C(Nc1cnc(N2CCN3CCC2CC3)nc1)c1ccc(F)cc1. The highest BCUT2D eigenvalue weighted by Crippen LogP contribution is 2.24. The summed E-state index contributed by atoms with van der Waals surface area (Å²) in [5.74, 6) is 0.0400. The number of halogens is 1. The normalized spacial score (nSPS) is 22.5. The van der Waals surface area contributed by atoms with Crippen molar-refractivity contribution in [2.75, 3.05) is 36.4 Å². The summed E-state index contributed by atoms with van der Waals surface area (Å²) in [6.07, 6.45) is 5.54. The van der Waals surface area contributed by atoms with Crippen molar-refractivity contribution in [3.8, 4) is 0 Å². The molecule has 0 aliphatic carbocycles. The Hall–Kier alpha value is -2.54. The average molecular weight is 341 g/mol. The Kier molecular flexibility index (Phi) is 4.31. The zero-order chi connectivity index (χ0) is 17.2. The van der Waals surface area contributed by atoms with Gasteiger partial charge in [-0.15, -0.1) is 0 Å². The Morgan fingerprint density at radius 1 is 1.04 bits per heavy atom. The first kappa shape index (κ1) is 16.0. The van der Waals surface area contributed by atoms with Gasteiger partial charge in [-0.2, -0.15) is 0 Å².